The van der Waals surface area contributed by atoms with Crippen LogP contribution in [0.3, 0.4) is 0 Å². The van der Waals surface area contributed by atoms with E-state index < -0.39 is 10.0 Å². The third kappa shape index (κ3) is 3.75. The number of amides is 1. The molecule has 0 aromatic heterocycles. The maximum Gasteiger partial charge on any atom is 0.259 e. The van der Waals surface area contributed by atoms with E-state index in [0.717, 1.165) is 5.56 Å². The number of morpholine rings is 1. The summed E-state index contributed by atoms with van der Waals surface area (Å²) < 4.78 is 38.2. The lowest BCUT2D eigenvalue weighted by molar-refractivity contribution is 0.0730. The molecule has 2 aromatic carbocycles. The van der Waals surface area contributed by atoms with Crippen molar-refractivity contribution in [1.29, 1.82) is 0 Å². The molecule has 1 fully saturated rings. The van der Waals surface area contributed by atoms with E-state index in [-0.39, 0.29) is 22.8 Å². The topological polar surface area (TPSA) is 84.9 Å². The lowest BCUT2D eigenvalue weighted by Gasteiger charge is -2.26. The van der Waals surface area contributed by atoms with E-state index in [1.807, 2.05) is 19.1 Å². The van der Waals surface area contributed by atoms with Crippen molar-refractivity contribution >= 4 is 21.6 Å². The van der Waals surface area contributed by atoms with Gasteiger partial charge in [-0.2, -0.15) is 4.31 Å². The Labute approximate surface area is 170 Å². The second-order valence-electron chi connectivity index (χ2n) is 7.33. The first kappa shape index (κ1) is 19.9. The Balaban J connectivity index is 1.57. The zero-order chi connectivity index (χ0) is 20.6. The van der Waals surface area contributed by atoms with Crippen molar-refractivity contribution in [2.45, 2.75) is 30.8 Å². The Bertz CT molecular complexity index is 1030. The van der Waals surface area contributed by atoms with E-state index in [0.29, 0.717) is 43.3 Å². The number of hydrogen-bond donors (Lipinski definition) is 1. The summed E-state index contributed by atoms with van der Waals surface area (Å²) in [6.45, 7) is 5.45. The van der Waals surface area contributed by atoms with Gasteiger partial charge in [-0.15, -0.1) is 0 Å². The Hall–Kier alpha value is -2.42. The van der Waals surface area contributed by atoms with E-state index in [1.165, 1.54) is 16.4 Å². The minimum absolute atomic E-state index is 0.000873. The lowest BCUT2D eigenvalue weighted by Crippen LogP contribution is -2.40. The molecule has 7 nitrogen and oxygen atoms in total. The van der Waals surface area contributed by atoms with Crippen molar-refractivity contribution in [1.82, 2.24) is 4.31 Å². The Morgan fingerprint density at radius 3 is 2.59 bits per heavy atom. The quantitative estimate of drug-likeness (QED) is 0.829. The maximum atomic E-state index is 12.9. The largest absolute Gasteiger partial charge is 0.489 e. The first-order chi connectivity index (χ1) is 13.9. The number of fused-ring (bicyclic) bond motifs is 1. The van der Waals surface area contributed by atoms with Gasteiger partial charge in [0.2, 0.25) is 10.0 Å². The van der Waals surface area contributed by atoms with E-state index in [2.05, 4.69) is 12.2 Å². The zero-order valence-electron chi connectivity index (χ0n) is 16.4. The standard InChI is InChI=1S/C21H24N2O5S/c1-14-15(2)28-20-18(14)7-4-8-19(20)21(24)22-16-5-3-6-17(13-16)29(25,26)23-9-11-27-12-10-23/h3-8,13-15H,9-12H2,1-2H3,(H,22,24)/t14-,15+/m0/s1. The Morgan fingerprint density at radius 2 is 1.83 bits per heavy atom. The highest BCUT2D eigenvalue weighted by atomic mass is 32.2. The average Bonchev–Trinajstić information content (AvgIpc) is 3.03. The number of carbonyl (C=O) groups is 1. The van der Waals surface area contributed by atoms with Gasteiger partial charge in [0.1, 0.15) is 11.9 Å². The summed E-state index contributed by atoms with van der Waals surface area (Å²) in [6, 6.07) is 11.8. The zero-order valence-corrected chi connectivity index (χ0v) is 17.2. The van der Waals surface area contributed by atoms with Crippen LogP contribution >= 0.6 is 0 Å². The highest BCUT2D eigenvalue weighted by Gasteiger charge is 2.31. The van der Waals surface area contributed by atoms with E-state index >= 15 is 0 Å². The van der Waals surface area contributed by atoms with Crippen LogP contribution < -0.4 is 10.1 Å². The van der Waals surface area contributed by atoms with Crippen LogP contribution in [0.2, 0.25) is 0 Å². The minimum atomic E-state index is -3.63. The van der Waals surface area contributed by atoms with Gasteiger partial charge in [0.25, 0.3) is 5.91 Å². The molecule has 0 radical (unpaired) electrons. The van der Waals surface area contributed by atoms with Crippen LogP contribution in [0.25, 0.3) is 0 Å². The van der Waals surface area contributed by atoms with E-state index in [4.69, 9.17) is 9.47 Å². The summed E-state index contributed by atoms with van der Waals surface area (Å²) in [6.07, 6.45) is 0.000873. The number of anilines is 1. The molecular formula is C21H24N2O5S. The van der Waals surface area contributed by atoms with Gasteiger partial charge in [0.05, 0.1) is 23.7 Å². The second kappa shape index (κ2) is 7.78. The van der Waals surface area contributed by atoms with Crippen molar-refractivity contribution in [3.05, 3.63) is 53.6 Å². The predicted molar refractivity (Wildman–Crippen MR) is 109 cm³/mol. The number of nitrogens with zero attached hydrogens (tertiary/aromatic N) is 1. The van der Waals surface area contributed by atoms with Crippen LogP contribution in [0.5, 0.6) is 5.75 Å². The third-order valence-electron chi connectivity index (χ3n) is 5.49. The summed E-state index contributed by atoms with van der Waals surface area (Å²) in [5.41, 5.74) is 1.87. The van der Waals surface area contributed by atoms with Gasteiger partial charge in [-0.1, -0.05) is 25.1 Å². The molecule has 1 saturated heterocycles. The van der Waals surface area contributed by atoms with Gasteiger partial charge < -0.3 is 14.8 Å². The van der Waals surface area contributed by atoms with Gasteiger partial charge in [-0.05, 0) is 31.2 Å². The van der Waals surface area contributed by atoms with Gasteiger partial charge in [-0.25, -0.2) is 8.42 Å². The van der Waals surface area contributed by atoms with Gasteiger partial charge in [0.15, 0.2) is 0 Å². The molecule has 0 saturated carbocycles. The van der Waals surface area contributed by atoms with Gasteiger partial charge >= 0.3 is 0 Å². The molecule has 1 amide bonds. The van der Waals surface area contributed by atoms with E-state index in [1.54, 1.807) is 18.2 Å². The summed E-state index contributed by atoms with van der Waals surface area (Å²) in [5.74, 6) is 0.478. The van der Waals surface area contributed by atoms with Crippen LogP contribution in [0, 0.1) is 0 Å². The molecule has 2 heterocycles. The molecule has 0 spiro atoms. The second-order valence-corrected chi connectivity index (χ2v) is 9.27. The number of para-hydroxylation sites is 1. The molecule has 1 N–H and O–H groups in total. The highest BCUT2D eigenvalue weighted by Crippen LogP contribution is 2.40. The fourth-order valence-corrected chi connectivity index (χ4v) is 5.09. The normalized spacial score (nSPS) is 22.0. The fraction of sp³-hybridized carbons (Fsp3) is 0.381. The molecule has 2 aromatic rings. The minimum Gasteiger partial charge on any atom is -0.489 e. The van der Waals surface area contributed by atoms with Crippen LogP contribution in [0.15, 0.2) is 47.4 Å². The van der Waals surface area contributed by atoms with Crippen molar-refractivity contribution in [2.75, 3.05) is 31.6 Å². The number of benzene rings is 2. The number of nitrogens with one attached hydrogen (secondary N) is 1. The smallest absolute Gasteiger partial charge is 0.259 e. The van der Waals surface area contributed by atoms with E-state index in [9.17, 15) is 13.2 Å². The number of rotatable bonds is 4. The van der Waals surface area contributed by atoms with Crippen molar-refractivity contribution in [2.24, 2.45) is 0 Å². The lowest BCUT2D eigenvalue weighted by atomic mass is 9.97. The van der Waals surface area contributed by atoms with Crippen molar-refractivity contribution < 1.29 is 22.7 Å². The Kier molecular flexibility index (Phi) is 5.33. The average molecular weight is 416 g/mol. The number of carbonyl (C=O) groups excluding carboxylic acids is 1. The molecule has 2 aliphatic heterocycles. The van der Waals surface area contributed by atoms with Crippen LogP contribution in [-0.2, 0) is 14.8 Å². The molecule has 29 heavy (non-hydrogen) atoms. The first-order valence-electron chi connectivity index (χ1n) is 9.67. The Morgan fingerprint density at radius 1 is 1.10 bits per heavy atom. The summed E-state index contributed by atoms with van der Waals surface area (Å²) in [5, 5.41) is 2.81. The van der Waals surface area contributed by atoms with Gasteiger partial charge in [-0.3, -0.25) is 4.79 Å². The maximum absolute atomic E-state index is 12.9. The molecule has 0 aliphatic carbocycles. The number of hydrogen-bond acceptors (Lipinski definition) is 5. The monoisotopic (exact) mass is 416 g/mol. The van der Waals surface area contributed by atoms with Crippen LogP contribution in [0.4, 0.5) is 5.69 Å². The summed E-state index contributed by atoms with van der Waals surface area (Å²) in [4.78, 5) is 13.0. The molecule has 0 unspecified atom stereocenters. The van der Waals surface area contributed by atoms with Crippen LogP contribution in [0.1, 0.15) is 35.7 Å². The fourth-order valence-electron chi connectivity index (χ4n) is 3.63. The molecule has 0 bridgehead atoms. The summed E-state index contributed by atoms with van der Waals surface area (Å²) >= 11 is 0. The molecule has 154 valence electrons. The molecule has 2 atom stereocenters. The van der Waals surface area contributed by atoms with Gasteiger partial charge in [0, 0.05) is 30.3 Å². The number of sulfonamides is 1. The molecule has 2 aliphatic rings. The third-order valence-corrected chi connectivity index (χ3v) is 7.38. The predicted octanol–water partition coefficient (Wildman–Crippen LogP) is 2.84. The molecule has 8 heteroatoms. The molecular weight excluding hydrogens is 392 g/mol. The van der Waals surface area contributed by atoms with Crippen molar-refractivity contribution in [3.63, 3.8) is 0 Å². The number of ether oxygens (including phenoxy) is 2. The first-order valence-corrected chi connectivity index (χ1v) is 11.1. The SMILES string of the molecule is C[C@@H]1c2cccc(C(=O)Nc3cccc(S(=O)(=O)N4CCOCC4)c3)c2O[C@@H]1C. The van der Waals surface area contributed by atoms with Crippen molar-refractivity contribution in [3.8, 4) is 5.75 Å². The summed E-state index contributed by atoms with van der Waals surface area (Å²) in [7, 11) is -3.63. The highest BCUT2D eigenvalue weighted by molar-refractivity contribution is 7.89. The molecule has 4 rings (SSSR count). The van der Waals surface area contributed by atoms with Crippen LogP contribution in [-0.4, -0.2) is 51.0 Å².